The topological polar surface area (TPSA) is 28.2 Å². The first-order valence-electron chi connectivity index (χ1n) is 6.14. The molecule has 0 radical (unpaired) electrons. The molecule has 94 valence electrons. The van der Waals surface area contributed by atoms with Gasteiger partial charge in [0.25, 0.3) is 0 Å². The molecule has 0 bridgehead atoms. The summed E-state index contributed by atoms with van der Waals surface area (Å²) in [5.41, 5.74) is 1.27. The number of hydrogen-bond donors (Lipinski definition) is 1. The summed E-state index contributed by atoms with van der Waals surface area (Å²) in [6.07, 6.45) is 6.01. The number of rotatable bonds is 7. The number of nitrogens with zero attached hydrogens (tertiary/aromatic N) is 2. The Morgan fingerprint density at radius 1 is 1.59 bits per heavy atom. The largest absolute Gasteiger partial charge is 0.360 e. The van der Waals surface area contributed by atoms with E-state index in [1.807, 2.05) is 19.3 Å². The summed E-state index contributed by atoms with van der Waals surface area (Å²) in [5, 5.41) is 3.24. The standard InChI is InChI=1S/C14H23N3/c1-5-6-7-10-17(4)14-11-13(8-9-16-14)12(2)15-3/h5,8-9,11-12,15H,1,6-7,10H2,2-4H3. The molecule has 0 aromatic carbocycles. The van der Waals surface area contributed by atoms with E-state index in [0.29, 0.717) is 6.04 Å². The fraction of sp³-hybridized carbons (Fsp3) is 0.500. The molecule has 17 heavy (non-hydrogen) atoms. The first-order chi connectivity index (χ1) is 8.19. The second-order valence-electron chi connectivity index (χ2n) is 4.31. The lowest BCUT2D eigenvalue weighted by Crippen LogP contribution is -2.20. The third-order valence-electron chi connectivity index (χ3n) is 3.00. The quantitative estimate of drug-likeness (QED) is 0.580. The molecule has 3 nitrogen and oxygen atoms in total. The van der Waals surface area contributed by atoms with Crippen LogP contribution in [0.4, 0.5) is 5.82 Å². The van der Waals surface area contributed by atoms with Gasteiger partial charge in [0.1, 0.15) is 5.82 Å². The van der Waals surface area contributed by atoms with Crippen LogP contribution in [-0.4, -0.2) is 25.6 Å². The molecule has 0 fully saturated rings. The van der Waals surface area contributed by atoms with Gasteiger partial charge in [0.15, 0.2) is 0 Å². The predicted octanol–water partition coefficient (Wildman–Crippen LogP) is 2.76. The summed E-state index contributed by atoms with van der Waals surface area (Å²) in [6, 6.07) is 4.57. The molecule has 1 rings (SSSR count). The van der Waals surface area contributed by atoms with Crippen LogP contribution in [0.25, 0.3) is 0 Å². The van der Waals surface area contributed by atoms with E-state index in [1.165, 1.54) is 5.56 Å². The fourth-order valence-electron chi connectivity index (χ4n) is 1.67. The summed E-state index contributed by atoms with van der Waals surface area (Å²) in [6.45, 7) is 6.90. The maximum atomic E-state index is 4.41. The number of anilines is 1. The minimum Gasteiger partial charge on any atom is -0.360 e. The highest BCUT2D eigenvalue weighted by molar-refractivity contribution is 5.40. The summed E-state index contributed by atoms with van der Waals surface area (Å²) in [4.78, 5) is 6.60. The molecule has 0 aliphatic heterocycles. The number of aromatic nitrogens is 1. The van der Waals surface area contributed by atoms with Gasteiger partial charge in [0.05, 0.1) is 0 Å². The van der Waals surface area contributed by atoms with Crippen molar-refractivity contribution in [3.63, 3.8) is 0 Å². The first kappa shape index (κ1) is 13.7. The van der Waals surface area contributed by atoms with Gasteiger partial charge in [-0.1, -0.05) is 6.08 Å². The molecule has 0 aliphatic rings. The molecule has 0 saturated carbocycles. The predicted molar refractivity (Wildman–Crippen MR) is 74.4 cm³/mol. The van der Waals surface area contributed by atoms with Crippen LogP contribution < -0.4 is 10.2 Å². The summed E-state index contributed by atoms with van der Waals surface area (Å²) < 4.78 is 0. The van der Waals surface area contributed by atoms with Crippen molar-refractivity contribution in [3.8, 4) is 0 Å². The number of pyridine rings is 1. The number of unbranched alkanes of at least 4 members (excludes halogenated alkanes) is 1. The van der Waals surface area contributed by atoms with Crippen LogP contribution in [0, 0.1) is 0 Å². The van der Waals surface area contributed by atoms with Gasteiger partial charge >= 0.3 is 0 Å². The van der Waals surface area contributed by atoms with E-state index in [4.69, 9.17) is 0 Å². The van der Waals surface area contributed by atoms with Crippen molar-refractivity contribution < 1.29 is 0 Å². The van der Waals surface area contributed by atoms with Crippen LogP contribution in [0.1, 0.15) is 31.4 Å². The highest BCUT2D eigenvalue weighted by atomic mass is 15.2. The molecule has 1 aromatic heterocycles. The van der Waals surface area contributed by atoms with Crippen LogP contribution in [0.3, 0.4) is 0 Å². The number of allylic oxidation sites excluding steroid dienone is 1. The number of nitrogens with one attached hydrogen (secondary N) is 1. The molecule has 0 saturated heterocycles. The highest BCUT2D eigenvalue weighted by Crippen LogP contribution is 2.17. The Morgan fingerprint density at radius 2 is 2.35 bits per heavy atom. The third-order valence-corrected chi connectivity index (χ3v) is 3.00. The van der Waals surface area contributed by atoms with Gasteiger partial charge in [0, 0.05) is 25.8 Å². The highest BCUT2D eigenvalue weighted by Gasteiger charge is 2.06. The maximum absolute atomic E-state index is 4.41. The molecular weight excluding hydrogens is 210 g/mol. The number of hydrogen-bond acceptors (Lipinski definition) is 3. The van der Waals surface area contributed by atoms with E-state index in [1.54, 1.807) is 0 Å². The van der Waals surface area contributed by atoms with Gasteiger partial charge in [-0.2, -0.15) is 0 Å². The van der Waals surface area contributed by atoms with Gasteiger partial charge in [-0.25, -0.2) is 4.98 Å². The zero-order valence-corrected chi connectivity index (χ0v) is 11.1. The Kier molecular flexibility index (Phi) is 5.70. The smallest absolute Gasteiger partial charge is 0.128 e. The second-order valence-corrected chi connectivity index (χ2v) is 4.31. The summed E-state index contributed by atoms with van der Waals surface area (Å²) >= 11 is 0. The Labute approximate surface area is 105 Å². The zero-order chi connectivity index (χ0) is 12.7. The van der Waals surface area contributed by atoms with Gasteiger partial charge < -0.3 is 10.2 Å². The Hall–Kier alpha value is -1.35. The van der Waals surface area contributed by atoms with Gasteiger partial charge in [-0.15, -0.1) is 6.58 Å². The van der Waals surface area contributed by atoms with E-state index < -0.39 is 0 Å². The van der Waals surface area contributed by atoms with Crippen molar-refractivity contribution in [1.29, 1.82) is 0 Å². The van der Waals surface area contributed by atoms with E-state index in [-0.39, 0.29) is 0 Å². The van der Waals surface area contributed by atoms with Crippen molar-refractivity contribution in [2.45, 2.75) is 25.8 Å². The van der Waals surface area contributed by atoms with Crippen LogP contribution in [-0.2, 0) is 0 Å². The maximum Gasteiger partial charge on any atom is 0.128 e. The Bertz CT molecular complexity index is 349. The van der Waals surface area contributed by atoms with E-state index in [2.05, 4.69) is 47.9 Å². The van der Waals surface area contributed by atoms with Gasteiger partial charge in [0.2, 0.25) is 0 Å². The van der Waals surface area contributed by atoms with Crippen LogP contribution in [0.5, 0.6) is 0 Å². The van der Waals surface area contributed by atoms with E-state index >= 15 is 0 Å². The van der Waals surface area contributed by atoms with Crippen molar-refractivity contribution in [3.05, 3.63) is 36.5 Å². The molecule has 3 heteroatoms. The summed E-state index contributed by atoms with van der Waals surface area (Å²) in [7, 11) is 4.05. The molecule has 1 aromatic rings. The molecule has 0 amide bonds. The second kappa shape index (κ2) is 7.07. The molecule has 0 spiro atoms. The van der Waals surface area contributed by atoms with Crippen LogP contribution in [0.15, 0.2) is 31.0 Å². The zero-order valence-electron chi connectivity index (χ0n) is 11.1. The van der Waals surface area contributed by atoms with E-state index in [9.17, 15) is 0 Å². The van der Waals surface area contributed by atoms with Gasteiger partial charge in [-0.3, -0.25) is 0 Å². The Balaban J connectivity index is 2.66. The fourth-order valence-corrected chi connectivity index (χ4v) is 1.67. The lowest BCUT2D eigenvalue weighted by molar-refractivity contribution is 0.650. The molecule has 0 aliphatic carbocycles. The lowest BCUT2D eigenvalue weighted by atomic mass is 10.1. The monoisotopic (exact) mass is 233 g/mol. The van der Waals surface area contributed by atoms with Crippen molar-refractivity contribution in [1.82, 2.24) is 10.3 Å². The van der Waals surface area contributed by atoms with Crippen molar-refractivity contribution >= 4 is 5.82 Å². The summed E-state index contributed by atoms with van der Waals surface area (Å²) in [5.74, 6) is 1.04. The minimum atomic E-state index is 0.360. The SMILES string of the molecule is C=CCCCN(C)c1cc(C(C)NC)ccn1. The van der Waals surface area contributed by atoms with Crippen molar-refractivity contribution in [2.24, 2.45) is 0 Å². The Morgan fingerprint density at radius 3 is 3.00 bits per heavy atom. The normalized spacial score (nSPS) is 12.2. The third kappa shape index (κ3) is 4.19. The molecule has 1 N–H and O–H groups in total. The molecule has 1 heterocycles. The van der Waals surface area contributed by atoms with Crippen LogP contribution in [0.2, 0.25) is 0 Å². The average molecular weight is 233 g/mol. The molecule has 1 atom stereocenters. The van der Waals surface area contributed by atoms with E-state index in [0.717, 1.165) is 25.2 Å². The van der Waals surface area contributed by atoms with Crippen LogP contribution >= 0.6 is 0 Å². The van der Waals surface area contributed by atoms with Crippen molar-refractivity contribution in [2.75, 3.05) is 25.5 Å². The minimum absolute atomic E-state index is 0.360. The lowest BCUT2D eigenvalue weighted by Gasteiger charge is -2.19. The average Bonchev–Trinajstić information content (AvgIpc) is 2.38. The first-order valence-corrected chi connectivity index (χ1v) is 6.14. The molecule has 1 unspecified atom stereocenters. The molecular formula is C14H23N3. The van der Waals surface area contributed by atoms with Gasteiger partial charge in [-0.05, 0) is 44.5 Å².